The molecule has 0 saturated heterocycles. The minimum atomic E-state index is -2.00. The summed E-state index contributed by atoms with van der Waals surface area (Å²) in [5, 5.41) is 46.8. The highest BCUT2D eigenvalue weighted by molar-refractivity contribution is 6.30. The molecule has 1 aromatic rings. The number of Topliss-reactive ketones (excluding diaryl/α,β-unsaturated/α-hetero) is 2. The monoisotopic (exact) mass is 653 g/mol. The highest BCUT2D eigenvalue weighted by Crippen LogP contribution is 2.47. The lowest BCUT2D eigenvalue weighted by Crippen LogP contribution is -2.44. The van der Waals surface area contributed by atoms with Crippen LogP contribution in [0.5, 0.6) is 11.5 Å². The Morgan fingerprint density at radius 1 is 0.872 bits per heavy atom. The summed E-state index contributed by atoms with van der Waals surface area (Å²) in [6.45, 7) is 11.0. The van der Waals surface area contributed by atoms with E-state index in [0.717, 1.165) is 6.08 Å². The number of phenolic OH excluding ortho intramolecular Hbond substituents is 1. The van der Waals surface area contributed by atoms with Crippen molar-refractivity contribution in [1.29, 1.82) is 0 Å². The SMILES string of the molecule is COC1/C=C/OC2(C)Oc3c(C)c(O)c4c(c3C2=O)C(=O)C=C(NC(=O)/C(C)=C\C=C\C(C)C(O)C(C)C(O)C(C)C(O)C1C)C4=O. The number of methoxy groups -OCH3 is 1. The van der Waals surface area contributed by atoms with Crippen molar-refractivity contribution >= 4 is 23.3 Å². The van der Waals surface area contributed by atoms with Gasteiger partial charge in [0.1, 0.15) is 11.5 Å². The van der Waals surface area contributed by atoms with Gasteiger partial charge in [-0.05, 0) is 19.9 Å². The van der Waals surface area contributed by atoms with E-state index in [1.165, 1.54) is 46.3 Å². The summed E-state index contributed by atoms with van der Waals surface area (Å²) in [4.78, 5) is 53.7. The molecule has 4 aliphatic rings. The molecular formula is C35H43NO11. The number of rotatable bonds is 1. The minimum Gasteiger partial charge on any atom is -0.507 e. The summed E-state index contributed by atoms with van der Waals surface area (Å²) in [7, 11) is 1.42. The first-order chi connectivity index (χ1) is 22.0. The van der Waals surface area contributed by atoms with Gasteiger partial charge in [0.05, 0.1) is 53.1 Å². The summed E-state index contributed by atoms with van der Waals surface area (Å²) < 4.78 is 17.2. The Morgan fingerprint density at radius 2 is 1.49 bits per heavy atom. The Hall–Kier alpha value is -4.10. The molecule has 0 fully saturated rings. The molecule has 9 atom stereocenters. The fourth-order valence-corrected chi connectivity index (χ4v) is 6.23. The maximum atomic E-state index is 13.8. The number of carbonyl (C=O) groups excluding carboxylic acids is 4. The van der Waals surface area contributed by atoms with Crippen molar-refractivity contribution in [3.8, 4) is 11.5 Å². The van der Waals surface area contributed by atoms with E-state index >= 15 is 0 Å². The van der Waals surface area contributed by atoms with Gasteiger partial charge in [-0.1, -0.05) is 45.9 Å². The Balaban J connectivity index is 1.80. The number of carbonyl (C=O) groups is 4. The zero-order valence-corrected chi connectivity index (χ0v) is 27.7. The molecule has 1 aromatic carbocycles. The molecule has 0 spiro atoms. The number of phenols is 1. The Kier molecular flexibility index (Phi) is 10.3. The van der Waals surface area contributed by atoms with E-state index in [0.29, 0.717) is 0 Å². The zero-order valence-electron chi connectivity index (χ0n) is 27.7. The second-order valence-corrected chi connectivity index (χ2v) is 12.8. The van der Waals surface area contributed by atoms with Gasteiger partial charge >= 0.3 is 5.79 Å². The number of hydrogen-bond donors (Lipinski definition) is 5. The normalized spacial score (nSPS) is 36.1. The molecule has 5 N–H and O–H groups in total. The van der Waals surface area contributed by atoms with Crippen LogP contribution >= 0.6 is 0 Å². The number of hydrogen-bond acceptors (Lipinski definition) is 11. The van der Waals surface area contributed by atoms with E-state index in [9.17, 15) is 39.6 Å². The average molecular weight is 654 g/mol. The third-order valence-electron chi connectivity index (χ3n) is 9.54. The number of allylic oxidation sites excluding steroid dienone is 4. The molecule has 3 heterocycles. The van der Waals surface area contributed by atoms with Crippen LogP contribution in [0.25, 0.3) is 0 Å². The molecule has 5 bridgehead atoms. The number of nitrogens with one attached hydrogen (secondary N) is 1. The molecule has 0 radical (unpaired) electrons. The first-order valence-corrected chi connectivity index (χ1v) is 15.5. The lowest BCUT2D eigenvalue weighted by Gasteiger charge is -2.36. The topological polar surface area (TPSA) is 189 Å². The predicted octanol–water partition coefficient (Wildman–Crippen LogP) is 3.06. The van der Waals surface area contributed by atoms with Gasteiger partial charge in [0.15, 0.2) is 5.78 Å². The number of amides is 1. The van der Waals surface area contributed by atoms with Crippen LogP contribution in [0.4, 0.5) is 0 Å². The first kappa shape index (κ1) is 35.7. The van der Waals surface area contributed by atoms with Crippen LogP contribution in [-0.4, -0.2) is 81.0 Å². The van der Waals surface area contributed by atoms with E-state index < -0.39 is 88.4 Å². The van der Waals surface area contributed by atoms with Crippen LogP contribution in [0.3, 0.4) is 0 Å². The summed E-state index contributed by atoms with van der Waals surface area (Å²) in [5.74, 6) is -8.23. The van der Waals surface area contributed by atoms with Crippen molar-refractivity contribution in [1.82, 2.24) is 5.32 Å². The summed E-state index contributed by atoms with van der Waals surface area (Å²) in [6.07, 6.45) is 4.25. The second kappa shape index (κ2) is 13.6. The van der Waals surface area contributed by atoms with Crippen molar-refractivity contribution in [2.75, 3.05) is 7.11 Å². The van der Waals surface area contributed by atoms with Crippen molar-refractivity contribution in [2.24, 2.45) is 23.7 Å². The van der Waals surface area contributed by atoms with Gasteiger partial charge in [-0.15, -0.1) is 0 Å². The van der Waals surface area contributed by atoms with Gasteiger partial charge in [0, 0.05) is 54.9 Å². The molecule has 5 rings (SSSR count). The molecule has 254 valence electrons. The van der Waals surface area contributed by atoms with Crippen LogP contribution in [0.1, 0.15) is 78.2 Å². The van der Waals surface area contributed by atoms with Gasteiger partial charge < -0.3 is 40.0 Å². The third-order valence-corrected chi connectivity index (χ3v) is 9.54. The van der Waals surface area contributed by atoms with E-state index in [-0.39, 0.29) is 33.7 Å². The number of aliphatic hydroxyl groups excluding tert-OH is 3. The third kappa shape index (κ3) is 6.42. The van der Waals surface area contributed by atoms with Crippen LogP contribution in [-0.2, 0) is 14.3 Å². The number of fused-ring (bicyclic) bond motifs is 14. The summed E-state index contributed by atoms with van der Waals surface area (Å²) in [6, 6.07) is 0. The van der Waals surface area contributed by atoms with Crippen molar-refractivity contribution in [3.05, 3.63) is 70.2 Å². The number of ketones is 3. The fourth-order valence-electron chi connectivity index (χ4n) is 6.23. The van der Waals surface area contributed by atoms with Crippen LogP contribution in [0.2, 0.25) is 0 Å². The van der Waals surface area contributed by atoms with Gasteiger partial charge in [-0.3, -0.25) is 19.2 Å². The molecular weight excluding hydrogens is 610 g/mol. The predicted molar refractivity (Wildman–Crippen MR) is 170 cm³/mol. The molecule has 12 nitrogen and oxygen atoms in total. The standard InChI is InChI=1S/C35H43NO11/c1-15-10-9-11-16(2)34(44)36-21-14-22(37)24-25(31(21)42)30(41)20(6)32-26(24)33(43)35(7,47-32)46-13-12-23(45-8)17(3)28(39)19(5)29(40)18(4)27(15)38/h9-15,17-19,23,27-29,38-41H,1-8H3,(H,36,44)/b10-9+,13-12+,16-11-. The summed E-state index contributed by atoms with van der Waals surface area (Å²) >= 11 is 0. The molecule has 9 unspecified atom stereocenters. The molecule has 0 saturated carbocycles. The molecule has 47 heavy (non-hydrogen) atoms. The van der Waals surface area contributed by atoms with Gasteiger partial charge in [-0.25, -0.2) is 0 Å². The van der Waals surface area contributed by atoms with Crippen molar-refractivity contribution < 1.29 is 53.8 Å². The maximum Gasteiger partial charge on any atom is 0.312 e. The second-order valence-electron chi connectivity index (χ2n) is 12.8. The van der Waals surface area contributed by atoms with Gasteiger partial charge in [-0.2, -0.15) is 0 Å². The Morgan fingerprint density at radius 3 is 2.13 bits per heavy atom. The van der Waals surface area contributed by atoms with Crippen LogP contribution < -0.4 is 10.1 Å². The van der Waals surface area contributed by atoms with Gasteiger partial charge in [0.2, 0.25) is 5.78 Å². The smallest absolute Gasteiger partial charge is 0.312 e. The Bertz CT molecular complexity index is 1600. The zero-order chi connectivity index (χ0) is 35.1. The molecule has 1 aliphatic carbocycles. The van der Waals surface area contributed by atoms with E-state index in [1.54, 1.807) is 39.8 Å². The fraction of sp³-hybridized carbons (Fsp3) is 0.486. The lowest BCUT2D eigenvalue weighted by atomic mass is 9.78. The molecule has 1 amide bonds. The van der Waals surface area contributed by atoms with Gasteiger partial charge in [0.25, 0.3) is 11.7 Å². The van der Waals surface area contributed by atoms with E-state index in [1.807, 2.05) is 0 Å². The minimum absolute atomic E-state index is 0.0217. The van der Waals surface area contributed by atoms with Crippen molar-refractivity contribution in [3.63, 3.8) is 0 Å². The first-order valence-electron chi connectivity index (χ1n) is 15.5. The number of aliphatic hydroxyl groups is 3. The van der Waals surface area contributed by atoms with Crippen LogP contribution in [0.15, 0.2) is 47.9 Å². The van der Waals surface area contributed by atoms with E-state index in [4.69, 9.17) is 14.2 Å². The van der Waals surface area contributed by atoms with Crippen LogP contribution in [0, 0.1) is 30.6 Å². The quantitative estimate of drug-likeness (QED) is 0.300. The molecule has 12 heteroatoms. The number of ether oxygens (including phenoxy) is 3. The molecule has 3 aliphatic heterocycles. The molecule has 0 aromatic heterocycles. The maximum absolute atomic E-state index is 13.8. The highest BCUT2D eigenvalue weighted by Gasteiger charge is 2.51. The van der Waals surface area contributed by atoms with E-state index in [2.05, 4.69) is 5.32 Å². The summed E-state index contributed by atoms with van der Waals surface area (Å²) in [5.41, 5.74) is -1.24. The highest BCUT2D eigenvalue weighted by atomic mass is 16.7. The van der Waals surface area contributed by atoms with Crippen molar-refractivity contribution in [2.45, 2.75) is 78.7 Å². The Labute approximate surface area is 273 Å². The number of benzene rings is 1. The largest absolute Gasteiger partial charge is 0.507 e. The average Bonchev–Trinajstić information content (AvgIpc) is 3.30. The number of aromatic hydroxyl groups is 1. The lowest BCUT2D eigenvalue weighted by molar-refractivity contribution is -0.116.